The molecule has 4 heteroatoms. The fourth-order valence-electron chi connectivity index (χ4n) is 2.57. The first kappa shape index (κ1) is 12.2. The molecule has 1 saturated heterocycles. The van der Waals surface area contributed by atoms with E-state index in [4.69, 9.17) is 0 Å². The van der Waals surface area contributed by atoms with Crippen molar-refractivity contribution in [1.29, 1.82) is 0 Å². The van der Waals surface area contributed by atoms with E-state index in [1.54, 1.807) is 0 Å². The molecule has 0 bridgehead atoms. The second kappa shape index (κ2) is 4.92. The first-order valence-corrected chi connectivity index (χ1v) is 6.16. The van der Waals surface area contributed by atoms with Crippen LogP contribution in [-0.4, -0.2) is 50.2 Å². The maximum atomic E-state index is 4.28. The minimum atomic E-state index is 0.633. The number of aromatic nitrogens is 1. The Morgan fingerprint density at radius 2 is 2.12 bits per heavy atom. The van der Waals surface area contributed by atoms with E-state index in [0.717, 1.165) is 18.8 Å². The number of anilines is 2. The lowest BCUT2D eigenvalue weighted by Crippen LogP contribution is -2.34. The van der Waals surface area contributed by atoms with Gasteiger partial charge in [-0.15, -0.1) is 0 Å². The Labute approximate surface area is 104 Å². The van der Waals surface area contributed by atoms with Crippen molar-refractivity contribution in [3.8, 4) is 0 Å². The Morgan fingerprint density at radius 3 is 2.71 bits per heavy atom. The van der Waals surface area contributed by atoms with Gasteiger partial charge in [-0.25, -0.2) is 0 Å². The Bertz CT molecular complexity index is 377. The molecule has 1 N–H and O–H groups in total. The number of hydrogen-bond acceptors (Lipinski definition) is 4. The van der Waals surface area contributed by atoms with Crippen LogP contribution in [0.5, 0.6) is 0 Å². The zero-order chi connectivity index (χ0) is 12.4. The third kappa shape index (κ3) is 2.52. The summed E-state index contributed by atoms with van der Waals surface area (Å²) in [6, 6.07) is 2.80. The van der Waals surface area contributed by atoms with Gasteiger partial charge >= 0.3 is 0 Å². The molecule has 4 nitrogen and oxygen atoms in total. The van der Waals surface area contributed by atoms with Gasteiger partial charge in [0.05, 0.1) is 23.8 Å². The fraction of sp³-hybridized carbons (Fsp3) is 0.615. The number of pyridine rings is 1. The molecule has 94 valence electrons. The lowest BCUT2D eigenvalue weighted by atomic mass is 10.1. The van der Waals surface area contributed by atoms with Crippen molar-refractivity contribution in [3.63, 3.8) is 0 Å². The van der Waals surface area contributed by atoms with Gasteiger partial charge in [0.2, 0.25) is 0 Å². The molecule has 17 heavy (non-hydrogen) atoms. The van der Waals surface area contributed by atoms with E-state index in [1.165, 1.54) is 5.69 Å². The summed E-state index contributed by atoms with van der Waals surface area (Å²) < 4.78 is 0. The molecule has 2 atom stereocenters. The first-order chi connectivity index (χ1) is 8.11. The average molecular weight is 234 g/mol. The van der Waals surface area contributed by atoms with Crippen LogP contribution in [0.4, 0.5) is 11.4 Å². The van der Waals surface area contributed by atoms with Crippen molar-refractivity contribution in [1.82, 2.24) is 9.88 Å². The van der Waals surface area contributed by atoms with Gasteiger partial charge in [0, 0.05) is 26.2 Å². The third-order valence-electron chi connectivity index (χ3n) is 3.61. The molecule has 0 aromatic carbocycles. The Balaban J connectivity index is 2.13. The summed E-state index contributed by atoms with van der Waals surface area (Å²) in [5.41, 5.74) is 2.29. The second-order valence-electron chi connectivity index (χ2n) is 5.10. The van der Waals surface area contributed by atoms with Crippen LogP contribution in [0.1, 0.15) is 6.92 Å². The van der Waals surface area contributed by atoms with Gasteiger partial charge in [0.25, 0.3) is 0 Å². The minimum absolute atomic E-state index is 0.633. The predicted molar refractivity (Wildman–Crippen MR) is 72.6 cm³/mol. The monoisotopic (exact) mass is 234 g/mol. The molecule has 2 heterocycles. The van der Waals surface area contributed by atoms with Crippen LogP contribution in [-0.2, 0) is 0 Å². The minimum Gasteiger partial charge on any atom is -0.387 e. The molecular weight excluding hydrogens is 212 g/mol. The van der Waals surface area contributed by atoms with Gasteiger partial charge in [0.1, 0.15) is 0 Å². The highest BCUT2D eigenvalue weighted by Gasteiger charge is 2.31. The highest BCUT2D eigenvalue weighted by Crippen LogP contribution is 2.26. The van der Waals surface area contributed by atoms with Crippen LogP contribution in [0.15, 0.2) is 18.5 Å². The smallest absolute Gasteiger partial charge is 0.0574 e. The average Bonchev–Trinajstić information content (AvgIpc) is 2.71. The van der Waals surface area contributed by atoms with Gasteiger partial charge in [0.15, 0.2) is 0 Å². The summed E-state index contributed by atoms with van der Waals surface area (Å²) in [4.78, 5) is 9.02. The van der Waals surface area contributed by atoms with Crippen molar-refractivity contribution < 1.29 is 0 Å². The first-order valence-electron chi connectivity index (χ1n) is 6.16. The maximum absolute atomic E-state index is 4.28. The number of nitrogens with one attached hydrogen (secondary N) is 1. The van der Waals surface area contributed by atoms with E-state index in [-0.39, 0.29) is 0 Å². The predicted octanol–water partition coefficient (Wildman–Crippen LogP) is 1.51. The molecule has 1 aromatic rings. The quantitative estimate of drug-likeness (QED) is 0.859. The fourth-order valence-corrected chi connectivity index (χ4v) is 2.57. The summed E-state index contributed by atoms with van der Waals surface area (Å²) in [6.07, 6.45) is 3.80. The van der Waals surface area contributed by atoms with E-state index in [2.05, 4.69) is 47.2 Å². The number of rotatable bonds is 3. The van der Waals surface area contributed by atoms with Crippen molar-refractivity contribution in [3.05, 3.63) is 18.5 Å². The third-order valence-corrected chi connectivity index (χ3v) is 3.61. The van der Waals surface area contributed by atoms with E-state index in [1.807, 2.05) is 19.4 Å². The number of hydrogen-bond donors (Lipinski definition) is 1. The second-order valence-corrected chi connectivity index (χ2v) is 5.10. The Hall–Kier alpha value is -1.29. The van der Waals surface area contributed by atoms with Crippen molar-refractivity contribution >= 4 is 11.4 Å². The molecule has 0 amide bonds. The molecule has 2 unspecified atom stereocenters. The highest BCUT2D eigenvalue weighted by molar-refractivity contribution is 5.56. The zero-order valence-electron chi connectivity index (χ0n) is 11.1. The Morgan fingerprint density at radius 1 is 1.35 bits per heavy atom. The molecule has 0 aliphatic carbocycles. The van der Waals surface area contributed by atoms with E-state index >= 15 is 0 Å². The lowest BCUT2D eigenvalue weighted by molar-refractivity contribution is 0.266. The van der Waals surface area contributed by atoms with Crippen LogP contribution in [0, 0.1) is 5.92 Å². The van der Waals surface area contributed by atoms with E-state index < -0.39 is 0 Å². The summed E-state index contributed by atoms with van der Waals surface area (Å²) >= 11 is 0. The number of likely N-dealkylation sites (N-methyl/N-ethyl adjacent to an activating group) is 1. The summed E-state index contributed by atoms with van der Waals surface area (Å²) in [6.45, 7) is 4.51. The molecule has 1 aliphatic heterocycles. The van der Waals surface area contributed by atoms with Gasteiger partial charge < -0.3 is 15.1 Å². The van der Waals surface area contributed by atoms with Gasteiger partial charge in [-0.1, -0.05) is 6.92 Å². The van der Waals surface area contributed by atoms with Gasteiger partial charge in [-0.05, 0) is 26.1 Å². The van der Waals surface area contributed by atoms with Crippen LogP contribution in [0.25, 0.3) is 0 Å². The Kier molecular flexibility index (Phi) is 3.52. The maximum Gasteiger partial charge on any atom is 0.0574 e. The zero-order valence-corrected chi connectivity index (χ0v) is 11.1. The van der Waals surface area contributed by atoms with Gasteiger partial charge in [-0.3, -0.25) is 4.98 Å². The van der Waals surface area contributed by atoms with Crippen LogP contribution in [0.3, 0.4) is 0 Å². The topological polar surface area (TPSA) is 31.4 Å². The molecule has 1 fully saturated rings. The summed E-state index contributed by atoms with van der Waals surface area (Å²) in [5, 5.41) is 3.14. The summed E-state index contributed by atoms with van der Waals surface area (Å²) in [5.74, 6) is 0.697. The molecule has 1 aromatic heterocycles. The molecule has 0 radical (unpaired) electrons. The van der Waals surface area contributed by atoms with E-state index in [0.29, 0.717) is 12.0 Å². The largest absolute Gasteiger partial charge is 0.387 e. The summed E-state index contributed by atoms with van der Waals surface area (Å²) in [7, 11) is 6.25. The number of nitrogens with zero attached hydrogens (tertiary/aromatic N) is 3. The molecule has 1 aliphatic rings. The van der Waals surface area contributed by atoms with Crippen molar-refractivity contribution in [2.24, 2.45) is 5.92 Å². The highest BCUT2D eigenvalue weighted by atomic mass is 15.2. The molecular formula is C13H22N4. The van der Waals surface area contributed by atoms with Gasteiger partial charge in [-0.2, -0.15) is 0 Å². The van der Waals surface area contributed by atoms with Crippen LogP contribution >= 0.6 is 0 Å². The van der Waals surface area contributed by atoms with E-state index in [9.17, 15) is 0 Å². The molecule has 0 saturated carbocycles. The molecule has 0 spiro atoms. The van der Waals surface area contributed by atoms with Crippen LogP contribution < -0.4 is 10.2 Å². The van der Waals surface area contributed by atoms with Crippen molar-refractivity contribution in [2.75, 3.05) is 44.4 Å². The lowest BCUT2D eigenvalue weighted by Gasteiger charge is -2.23. The normalized spacial score (nSPS) is 24.4. The molecule has 2 rings (SSSR count). The standard InChI is InChI=1S/C13H22N4/c1-10-8-17(9-13(10)16(3)4)12-5-11(14-2)6-15-7-12/h5-7,10,13-14H,8-9H2,1-4H3. The van der Waals surface area contributed by atoms with Crippen molar-refractivity contribution in [2.45, 2.75) is 13.0 Å². The SMILES string of the molecule is CNc1cncc(N2CC(C)C(N(C)C)C2)c1. The van der Waals surface area contributed by atoms with Crippen LogP contribution in [0.2, 0.25) is 0 Å².